The molecule has 0 saturated carbocycles. The van der Waals surface area contributed by atoms with Gasteiger partial charge in [-0.25, -0.2) is 9.59 Å². The predicted molar refractivity (Wildman–Crippen MR) is 222 cm³/mol. The summed E-state index contributed by atoms with van der Waals surface area (Å²) in [6, 6.07) is 7.39. The first-order chi connectivity index (χ1) is 25.2. The van der Waals surface area contributed by atoms with Crippen molar-refractivity contribution in [1.29, 1.82) is 5.41 Å². The molecule has 2 radical (unpaired) electrons. The molecule has 1 unspecified atom stereocenters. The van der Waals surface area contributed by atoms with Gasteiger partial charge in [0.1, 0.15) is 11.9 Å². The molecular formula is C38H57N5O7S2Si2. The Balaban J connectivity index is 2.16. The number of thioether (sulfide) groups is 1. The predicted octanol–water partition coefficient (Wildman–Crippen LogP) is 9.21. The topological polar surface area (TPSA) is 149 Å². The molecular weight excluding hydrogens is 759 g/mol. The number of hydrogen-bond donors (Lipinski definition) is 3. The molecule has 16 heteroatoms. The lowest BCUT2D eigenvalue weighted by Crippen LogP contribution is -2.40. The number of aromatic nitrogens is 2. The van der Waals surface area contributed by atoms with Crippen molar-refractivity contribution in [3.05, 3.63) is 64.3 Å². The highest BCUT2D eigenvalue weighted by Gasteiger charge is 2.41. The van der Waals surface area contributed by atoms with E-state index in [9.17, 15) is 9.59 Å². The van der Waals surface area contributed by atoms with Crippen LogP contribution in [0.3, 0.4) is 0 Å². The van der Waals surface area contributed by atoms with E-state index in [1.54, 1.807) is 38.3 Å². The van der Waals surface area contributed by atoms with Crippen molar-refractivity contribution in [1.82, 2.24) is 19.8 Å². The largest absolute Gasteiger partial charge is 0.539 e. The van der Waals surface area contributed by atoms with Gasteiger partial charge >= 0.3 is 12.0 Å². The first-order valence-corrected chi connectivity index (χ1v) is 23.2. The van der Waals surface area contributed by atoms with Crippen LogP contribution in [0.5, 0.6) is 17.2 Å². The van der Waals surface area contributed by atoms with E-state index >= 15 is 0 Å². The van der Waals surface area contributed by atoms with Crippen LogP contribution in [0.15, 0.2) is 34.9 Å². The molecule has 0 spiro atoms. The third-order valence-corrected chi connectivity index (χ3v) is 18.0. The Morgan fingerprint density at radius 1 is 0.963 bits per heavy atom. The van der Waals surface area contributed by atoms with Gasteiger partial charge in [-0.3, -0.25) is 15.0 Å². The van der Waals surface area contributed by atoms with Crippen LogP contribution in [-0.2, 0) is 10.5 Å². The Kier molecular flexibility index (Phi) is 15.7. The Hall–Kier alpha value is -3.48. The summed E-state index contributed by atoms with van der Waals surface area (Å²) < 4.78 is 32.1. The molecule has 3 rings (SSSR count). The molecule has 2 amide bonds. The Bertz CT molecular complexity index is 1770. The van der Waals surface area contributed by atoms with Crippen molar-refractivity contribution in [2.45, 2.75) is 104 Å². The average molecular weight is 816 g/mol. The minimum Gasteiger partial charge on any atom is -0.539 e. The third-order valence-electron chi connectivity index (χ3n) is 10.7. The Morgan fingerprint density at radius 2 is 1.52 bits per heavy atom. The number of benzene rings is 2. The highest BCUT2D eigenvalue weighted by atomic mass is 32.2. The van der Waals surface area contributed by atoms with Gasteiger partial charge in [0.05, 0.1) is 19.8 Å². The Morgan fingerprint density at radius 3 is 2.00 bits per heavy atom. The average Bonchev–Trinajstić information content (AvgIpc) is 3.56. The summed E-state index contributed by atoms with van der Waals surface area (Å²) in [6.45, 7) is 25.3. The molecule has 0 aliphatic carbocycles. The van der Waals surface area contributed by atoms with Crippen LogP contribution < -0.4 is 18.9 Å². The van der Waals surface area contributed by atoms with Crippen molar-refractivity contribution in [2.75, 3.05) is 20.0 Å². The number of amidine groups is 1. The van der Waals surface area contributed by atoms with Gasteiger partial charge in [0.15, 0.2) is 23.1 Å². The summed E-state index contributed by atoms with van der Waals surface area (Å²) in [6.07, 6.45) is 0. The fraction of sp³-hybridized carbons (Fsp3) is 0.553. The van der Waals surface area contributed by atoms with E-state index in [0.29, 0.717) is 57.2 Å². The maximum Gasteiger partial charge on any atom is 0.338 e. The van der Waals surface area contributed by atoms with Gasteiger partial charge < -0.3 is 22.8 Å². The number of nitrogens with one attached hydrogen (secondary N) is 2. The van der Waals surface area contributed by atoms with Crippen molar-refractivity contribution >= 4 is 60.5 Å². The van der Waals surface area contributed by atoms with Gasteiger partial charge in [0, 0.05) is 28.2 Å². The maximum atomic E-state index is 13.7. The van der Waals surface area contributed by atoms with E-state index in [4.69, 9.17) is 28.3 Å². The zero-order valence-corrected chi connectivity index (χ0v) is 37.8. The van der Waals surface area contributed by atoms with Crippen molar-refractivity contribution < 1.29 is 32.4 Å². The van der Waals surface area contributed by atoms with Crippen LogP contribution >= 0.6 is 24.6 Å². The Labute approximate surface area is 334 Å². The molecule has 0 fully saturated rings. The molecule has 2 aromatic carbocycles. The molecule has 0 aliphatic heterocycles. The molecule has 0 saturated heterocycles. The lowest BCUT2D eigenvalue weighted by atomic mass is 9.99. The minimum atomic E-state index is -1.58. The highest BCUT2D eigenvalue weighted by Crippen LogP contribution is 2.51. The minimum absolute atomic E-state index is 0.0857. The molecule has 2 N–H and O–H groups in total. The second kappa shape index (κ2) is 18.9. The zero-order chi connectivity index (χ0) is 40.7. The number of rotatable bonds is 17. The van der Waals surface area contributed by atoms with Crippen LogP contribution in [0.1, 0.15) is 100 Å². The number of nitrogens with zero attached hydrogens (tertiary/aromatic N) is 3. The number of ether oxygens (including phenoxy) is 2. The summed E-state index contributed by atoms with van der Waals surface area (Å²) in [5.74, 6) is 2.44. The molecule has 12 nitrogen and oxygen atoms in total. The third kappa shape index (κ3) is 10.2. The van der Waals surface area contributed by atoms with Gasteiger partial charge in [-0.1, -0.05) is 104 Å². The monoisotopic (exact) mass is 815 g/mol. The van der Waals surface area contributed by atoms with E-state index in [1.165, 1.54) is 18.9 Å². The standard InChI is InChI=1S/C38H57N5O7S2Si2/c1-22(2)37(7,8)53(13)49-31-27(29(35(44)47-12)24(5)30(46-11)32(31)50-54(14)38(9,10)23(3)4)20-52-21-28(34-40-25(6)42-48-34)43(51)36(45)41-33(39)26-18-16-15-17-19-26/h15-19,22-23,28,51H,20-21H2,1-14H3,(H2,39,41,45). The van der Waals surface area contributed by atoms with E-state index in [1.807, 2.05) is 13.0 Å². The molecule has 0 aliphatic rings. The number of carbonyl (C=O) groups is 2. The fourth-order valence-electron chi connectivity index (χ4n) is 5.16. The molecule has 3 aromatic rings. The summed E-state index contributed by atoms with van der Waals surface area (Å²) in [4.78, 5) is 31.6. The van der Waals surface area contributed by atoms with E-state index in [-0.39, 0.29) is 33.3 Å². The summed E-state index contributed by atoms with van der Waals surface area (Å²) in [5.41, 5.74) is 2.04. The van der Waals surface area contributed by atoms with E-state index < -0.39 is 36.1 Å². The maximum absolute atomic E-state index is 13.7. The molecule has 0 bridgehead atoms. The number of esters is 1. The van der Waals surface area contributed by atoms with Crippen LogP contribution in [0.4, 0.5) is 4.79 Å². The van der Waals surface area contributed by atoms with Gasteiger partial charge in [-0.05, 0) is 48.9 Å². The molecule has 296 valence electrons. The molecule has 1 heterocycles. The van der Waals surface area contributed by atoms with Gasteiger partial charge in [0.25, 0.3) is 24.0 Å². The number of urea groups is 1. The lowest BCUT2D eigenvalue weighted by molar-refractivity contribution is 0.0598. The van der Waals surface area contributed by atoms with Gasteiger partial charge in [-0.2, -0.15) is 16.7 Å². The first-order valence-electron chi connectivity index (χ1n) is 17.9. The number of carbonyl (C=O) groups excluding carboxylic acids is 2. The number of hydrogen-bond acceptors (Lipinski definition) is 12. The van der Waals surface area contributed by atoms with Gasteiger partial charge in [-0.15, -0.1) is 0 Å². The van der Waals surface area contributed by atoms with E-state index in [0.717, 1.165) is 4.31 Å². The smallest absolute Gasteiger partial charge is 0.338 e. The fourth-order valence-corrected chi connectivity index (χ4v) is 9.78. The van der Waals surface area contributed by atoms with Crippen LogP contribution in [0, 0.1) is 31.1 Å². The number of thiol groups is 1. The molecule has 1 aromatic heterocycles. The number of amides is 2. The SMILES string of the molecule is COC(=O)c1c(C)c(OC)c(O[Si](C)C(C)(C)C(C)C)c(O[Si](C)C(C)(C)C(C)C)c1CSCC(c1nc(C)no1)N(S)C(=O)NC(=N)c1ccccc1. The lowest BCUT2D eigenvalue weighted by Gasteiger charge is -2.37. The van der Waals surface area contributed by atoms with Crippen LogP contribution in [0.2, 0.25) is 23.2 Å². The molecule has 54 heavy (non-hydrogen) atoms. The van der Waals surface area contributed by atoms with Crippen molar-refractivity contribution in [2.24, 2.45) is 11.8 Å². The second-order valence-electron chi connectivity index (χ2n) is 15.0. The van der Waals surface area contributed by atoms with Crippen molar-refractivity contribution in [3.63, 3.8) is 0 Å². The van der Waals surface area contributed by atoms with Crippen LogP contribution in [0.25, 0.3) is 0 Å². The highest BCUT2D eigenvalue weighted by molar-refractivity contribution is 7.98. The first kappa shape index (κ1) is 44.9. The van der Waals surface area contributed by atoms with Gasteiger partial charge in [0.2, 0.25) is 0 Å². The quantitative estimate of drug-likeness (QED) is 0.0396. The molecule has 1 atom stereocenters. The van der Waals surface area contributed by atoms with Crippen molar-refractivity contribution in [3.8, 4) is 17.2 Å². The summed E-state index contributed by atoms with van der Waals surface area (Å²) in [5, 5.41) is 14.7. The number of aryl methyl sites for hydroxylation is 1. The second-order valence-corrected chi connectivity index (χ2v) is 21.6. The van der Waals surface area contributed by atoms with Crippen LogP contribution in [-0.4, -0.2) is 70.3 Å². The normalized spacial score (nSPS) is 12.6. The zero-order valence-electron chi connectivity index (χ0n) is 34.1. The number of methoxy groups -OCH3 is 2. The summed E-state index contributed by atoms with van der Waals surface area (Å²) >= 11 is 5.99. The van der Waals surface area contributed by atoms with E-state index in [2.05, 4.69) is 96.8 Å². The summed E-state index contributed by atoms with van der Waals surface area (Å²) in [7, 11) is -0.188.